The molecule has 0 saturated carbocycles. The number of aromatic nitrogens is 4. The van der Waals surface area contributed by atoms with E-state index in [1.54, 1.807) is 22.3 Å². The second-order valence-corrected chi connectivity index (χ2v) is 7.31. The lowest BCUT2D eigenvalue weighted by Crippen LogP contribution is -2.15. The van der Waals surface area contributed by atoms with Crippen molar-refractivity contribution in [3.05, 3.63) is 47.6 Å². The van der Waals surface area contributed by atoms with E-state index >= 15 is 0 Å². The Morgan fingerprint density at radius 2 is 1.91 bits per heavy atom. The Kier molecular flexibility index (Phi) is 3.88. The minimum absolute atomic E-state index is 0.0856. The third-order valence-corrected chi connectivity index (χ3v) is 4.25. The number of hydrogen-bond donors (Lipinski definition) is 1. The fourth-order valence-corrected chi connectivity index (χ4v) is 3.23. The number of nitrogens with zero attached hydrogens (tertiary/aromatic N) is 4. The fourth-order valence-electron chi connectivity index (χ4n) is 1.98. The van der Waals surface area contributed by atoms with Crippen LogP contribution in [0.15, 0.2) is 36.9 Å². The van der Waals surface area contributed by atoms with Crippen molar-refractivity contribution in [3.63, 3.8) is 0 Å². The molecule has 0 saturated heterocycles. The molecule has 0 aliphatic rings. The SMILES string of the molecule is CC(C)(C)c1nc(Nc2ccc(Cl)cc2)sc1-n1cncn1. The number of halogens is 1. The van der Waals surface area contributed by atoms with Crippen molar-refractivity contribution in [2.45, 2.75) is 26.2 Å². The zero-order valence-electron chi connectivity index (χ0n) is 12.5. The summed E-state index contributed by atoms with van der Waals surface area (Å²) in [5.74, 6) is 0. The van der Waals surface area contributed by atoms with Gasteiger partial charge in [0.05, 0.1) is 5.69 Å². The predicted octanol–water partition coefficient (Wildman–Crippen LogP) is 4.42. The van der Waals surface area contributed by atoms with E-state index in [0.717, 1.165) is 21.5 Å². The first-order valence-corrected chi connectivity index (χ1v) is 8.02. The molecule has 0 radical (unpaired) electrons. The molecule has 0 fully saturated rings. The lowest BCUT2D eigenvalue weighted by atomic mass is 9.92. The molecule has 0 unspecified atom stereocenters. The Balaban J connectivity index is 1.98. The number of rotatable bonds is 3. The van der Waals surface area contributed by atoms with E-state index < -0.39 is 0 Å². The van der Waals surface area contributed by atoms with Crippen LogP contribution in [0.3, 0.4) is 0 Å². The van der Waals surface area contributed by atoms with Gasteiger partial charge in [-0.3, -0.25) is 0 Å². The Bertz CT molecular complexity index is 756. The highest BCUT2D eigenvalue weighted by atomic mass is 35.5. The number of thiazole rings is 1. The molecule has 2 heterocycles. The third-order valence-electron chi connectivity index (χ3n) is 3.04. The molecule has 0 atom stereocenters. The summed E-state index contributed by atoms with van der Waals surface area (Å²) in [6.45, 7) is 6.40. The highest BCUT2D eigenvalue weighted by Gasteiger charge is 2.25. The highest BCUT2D eigenvalue weighted by Crippen LogP contribution is 2.35. The fraction of sp³-hybridized carbons (Fsp3) is 0.267. The summed E-state index contributed by atoms with van der Waals surface area (Å²) in [4.78, 5) is 8.76. The molecule has 5 nitrogen and oxygen atoms in total. The molecule has 1 aromatic carbocycles. The van der Waals surface area contributed by atoms with Crippen LogP contribution in [-0.2, 0) is 5.41 Å². The number of anilines is 2. The largest absolute Gasteiger partial charge is 0.331 e. The van der Waals surface area contributed by atoms with Gasteiger partial charge in [-0.15, -0.1) is 0 Å². The molecular weight excluding hydrogens is 318 g/mol. The topological polar surface area (TPSA) is 55.6 Å². The van der Waals surface area contributed by atoms with Crippen molar-refractivity contribution in [1.82, 2.24) is 19.7 Å². The Morgan fingerprint density at radius 1 is 1.18 bits per heavy atom. The van der Waals surface area contributed by atoms with Crippen molar-refractivity contribution in [1.29, 1.82) is 0 Å². The average molecular weight is 334 g/mol. The van der Waals surface area contributed by atoms with Crippen molar-refractivity contribution in [2.75, 3.05) is 5.32 Å². The number of hydrogen-bond acceptors (Lipinski definition) is 5. The molecule has 114 valence electrons. The van der Waals surface area contributed by atoms with Crippen LogP contribution in [0.5, 0.6) is 0 Å². The smallest absolute Gasteiger partial charge is 0.189 e. The second-order valence-electron chi connectivity index (χ2n) is 5.89. The summed E-state index contributed by atoms with van der Waals surface area (Å²) < 4.78 is 1.76. The van der Waals surface area contributed by atoms with Gasteiger partial charge in [0, 0.05) is 16.1 Å². The van der Waals surface area contributed by atoms with Crippen LogP contribution < -0.4 is 5.32 Å². The summed E-state index contributed by atoms with van der Waals surface area (Å²) in [5.41, 5.74) is 1.85. The van der Waals surface area contributed by atoms with Crippen LogP contribution in [-0.4, -0.2) is 19.7 Å². The molecule has 0 amide bonds. The number of benzene rings is 1. The van der Waals surface area contributed by atoms with E-state index in [9.17, 15) is 0 Å². The van der Waals surface area contributed by atoms with Crippen LogP contribution in [0.4, 0.5) is 10.8 Å². The van der Waals surface area contributed by atoms with E-state index in [2.05, 4.69) is 36.2 Å². The van der Waals surface area contributed by atoms with Crippen LogP contribution in [0.2, 0.25) is 5.02 Å². The van der Waals surface area contributed by atoms with Gasteiger partial charge in [0.25, 0.3) is 0 Å². The minimum atomic E-state index is -0.0856. The zero-order chi connectivity index (χ0) is 15.7. The standard InChI is InChI=1S/C15H16ClN5S/c1-15(2,3)12-13(21-9-17-8-18-21)22-14(20-12)19-11-6-4-10(16)5-7-11/h4-9H,1-3H3,(H,19,20). The molecule has 1 N–H and O–H groups in total. The molecule has 2 aromatic heterocycles. The van der Waals surface area contributed by atoms with Crippen LogP contribution in [0.1, 0.15) is 26.5 Å². The summed E-state index contributed by atoms with van der Waals surface area (Å²) >= 11 is 7.46. The molecule has 7 heteroatoms. The highest BCUT2D eigenvalue weighted by molar-refractivity contribution is 7.18. The second kappa shape index (κ2) is 5.70. The first kappa shape index (κ1) is 15.0. The Hall–Kier alpha value is -1.92. The maximum absolute atomic E-state index is 5.91. The van der Waals surface area contributed by atoms with Gasteiger partial charge in [0.15, 0.2) is 5.13 Å². The third kappa shape index (κ3) is 3.13. The Labute approximate surface area is 138 Å². The van der Waals surface area contributed by atoms with Gasteiger partial charge in [-0.1, -0.05) is 43.7 Å². The summed E-state index contributed by atoms with van der Waals surface area (Å²) in [6.07, 6.45) is 3.22. The lowest BCUT2D eigenvalue weighted by Gasteiger charge is -2.16. The molecule has 0 aliphatic heterocycles. The maximum atomic E-state index is 5.91. The lowest BCUT2D eigenvalue weighted by molar-refractivity contribution is 0.567. The van der Waals surface area contributed by atoms with Crippen molar-refractivity contribution >= 4 is 33.8 Å². The molecule has 0 bridgehead atoms. The van der Waals surface area contributed by atoms with Crippen molar-refractivity contribution in [2.24, 2.45) is 0 Å². The van der Waals surface area contributed by atoms with E-state index in [0.29, 0.717) is 5.02 Å². The van der Waals surface area contributed by atoms with Gasteiger partial charge in [0.2, 0.25) is 0 Å². The van der Waals surface area contributed by atoms with E-state index in [-0.39, 0.29) is 5.41 Å². The normalized spacial score (nSPS) is 11.6. The zero-order valence-corrected chi connectivity index (χ0v) is 14.1. The first-order chi connectivity index (χ1) is 10.4. The first-order valence-electron chi connectivity index (χ1n) is 6.82. The van der Waals surface area contributed by atoms with Gasteiger partial charge in [0.1, 0.15) is 17.7 Å². The summed E-state index contributed by atoms with van der Waals surface area (Å²) in [7, 11) is 0. The average Bonchev–Trinajstić information content (AvgIpc) is 3.09. The quantitative estimate of drug-likeness (QED) is 0.771. The minimum Gasteiger partial charge on any atom is -0.331 e. The van der Waals surface area contributed by atoms with E-state index in [1.807, 2.05) is 24.3 Å². The van der Waals surface area contributed by atoms with Crippen LogP contribution >= 0.6 is 22.9 Å². The summed E-state index contributed by atoms with van der Waals surface area (Å²) in [6, 6.07) is 7.55. The molecule has 0 spiro atoms. The van der Waals surface area contributed by atoms with Gasteiger partial charge in [-0.25, -0.2) is 14.6 Å². The molecule has 3 rings (SSSR count). The predicted molar refractivity (Wildman–Crippen MR) is 90.5 cm³/mol. The van der Waals surface area contributed by atoms with Gasteiger partial charge in [-0.05, 0) is 24.3 Å². The maximum Gasteiger partial charge on any atom is 0.189 e. The van der Waals surface area contributed by atoms with Gasteiger partial charge in [-0.2, -0.15) is 5.10 Å². The molecule has 0 aliphatic carbocycles. The Morgan fingerprint density at radius 3 is 2.50 bits per heavy atom. The molecule has 22 heavy (non-hydrogen) atoms. The van der Waals surface area contributed by atoms with Crippen molar-refractivity contribution in [3.8, 4) is 5.00 Å². The molecular formula is C15H16ClN5S. The molecule has 3 aromatic rings. The van der Waals surface area contributed by atoms with Crippen LogP contribution in [0, 0.1) is 0 Å². The van der Waals surface area contributed by atoms with Crippen LogP contribution in [0.25, 0.3) is 5.00 Å². The monoisotopic (exact) mass is 333 g/mol. The number of nitrogens with one attached hydrogen (secondary N) is 1. The van der Waals surface area contributed by atoms with E-state index in [4.69, 9.17) is 16.6 Å². The van der Waals surface area contributed by atoms with Crippen molar-refractivity contribution < 1.29 is 0 Å². The van der Waals surface area contributed by atoms with E-state index in [1.165, 1.54) is 6.33 Å². The summed E-state index contributed by atoms with van der Waals surface area (Å²) in [5, 5.41) is 10.0. The van der Waals surface area contributed by atoms with Gasteiger partial charge >= 0.3 is 0 Å². The van der Waals surface area contributed by atoms with Gasteiger partial charge < -0.3 is 5.32 Å².